The summed E-state index contributed by atoms with van der Waals surface area (Å²) >= 11 is 0. The quantitative estimate of drug-likeness (QED) is 0.583. The van der Waals surface area contributed by atoms with Crippen LogP contribution in [0.2, 0.25) is 0 Å². The van der Waals surface area contributed by atoms with Crippen LogP contribution in [0.4, 0.5) is 10.3 Å². The van der Waals surface area contributed by atoms with Crippen LogP contribution in [-0.2, 0) is 12.8 Å². The molecule has 0 unspecified atom stereocenters. The molecule has 0 radical (unpaired) electrons. The summed E-state index contributed by atoms with van der Waals surface area (Å²) in [5.41, 5.74) is 2.54. The smallest absolute Gasteiger partial charge is 0.254 e. The first-order valence-corrected chi connectivity index (χ1v) is 9.35. The molecule has 0 saturated heterocycles. The third-order valence-corrected chi connectivity index (χ3v) is 4.38. The second kappa shape index (κ2) is 10.2. The Bertz CT molecular complexity index is 913. The van der Waals surface area contributed by atoms with Crippen LogP contribution in [0.15, 0.2) is 60.9 Å². The molecule has 150 valence electrons. The average molecular weight is 394 g/mol. The first-order valence-electron chi connectivity index (χ1n) is 9.35. The molecule has 1 heterocycles. The molecule has 0 spiro atoms. The standard InChI is InChI=1S/C22H23FN4O2/c1-29-20-8-4-17(5-9-20)10-12-24-21(28)18-14-26-22(27-15-18)25-13-11-16-2-6-19(23)7-3-16/h2-9,14-15H,10-13H2,1H3,(H,24,28)(H,25,26,27). The molecular formula is C22H23FN4O2. The van der Waals surface area contributed by atoms with Crippen LogP contribution in [0.3, 0.4) is 0 Å². The number of ether oxygens (including phenoxy) is 1. The number of carbonyl (C=O) groups is 1. The monoisotopic (exact) mass is 394 g/mol. The lowest BCUT2D eigenvalue weighted by Crippen LogP contribution is -2.26. The Labute approximate surface area is 169 Å². The number of anilines is 1. The molecule has 2 N–H and O–H groups in total. The highest BCUT2D eigenvalue weighted by atomic mass is 19.1. The van der Waals surface area contributed by atoms with Crippen molar-refractivity contribution in [3.8, 4) is 5.75 Å². The number of hydrogen-bond donors (Lipinski definition) is 2. The van der Waals surface area contributed by atoms with Crippen LogP contribution in [0.5, 0.6) is 5.75 Å². The first-order chi connectivity index (χ1) is 14.1. The molecule has 1 amide bonds. The number of nitrogens with zero attached hydrogens (tertiary/aromatic N) is 2. The molecule has 3 rings (SSSR count). The molecule has 0 atom stereocenters. The number of nitrogens with one attached hydrogen (secondary N) is 2. The molecule has 0 aliphatic heterocycles. The number of carbonyl (C=O) groups excluding carboxylic acids is 1. The lowest BCUT2D eigenvalue weighted by Gasteiger charge is -2.07. The van der Waals surface area contributed by atoms with Crippen molar-refractivity contribution in [3.63, 3.8) is 0 Å². The molecule has 0 fully saturated rings. The van der Waals surface area contributed by atoms with Gasteiger partial charge in [-0.15, -0.1) is 0 Å². The molecule has 0 bridgehead atoms. The van der Waals surface area contributed by atoms with Gasteiger partial charge in [0.05, 0.1) is 12.7 Å². The number of methoxy groups -OCH3 is 1. The van der Waals surface area contributed by atoms with Crippen molar-refractivity contribution < 1.29 is 13.9 Å². The second-order valence-corrected chi connectivity index (χ2v) is 6.45. The maximum atomic E-state index is 12.9. The maximum absolute atomic E-state index is 12.9. The summed E-state index contributed by atoms with van der Waals surface area (Å²) in [5.74, 6) is 0.794. The van der Waals surface area contributed by atoms with E-state index in [1.165, 1.54) is 24.5 Å². The summed E-state index contributed by atoms with van der Waals surface area (Å²) in [5, 5.41) is 5.95. The van der Waals surface area contributed by atoms with Gasteiger partial charge in [0.1, 0.15) is 11.6 Å². The van der Waals surface area contributed by atoms with Gasteiger partial charge in [0.15, 0.2) is 0 Å². The Morgan fingerprint density at radius 2 is 1.52 bits per heavy atom. The topological polar surface area (TPSA) is 76.1 Å². The molecular weight excluding hydrogens is 371 g/mol. The molecule has 0 saturated carbocycles. The lowest BCUT2D eigenvalue weighted by atomic mass is 10.1. The third kappa shape index (κ3) is 6.27. The minimum absolute atomic E-state index is 0.212. The summed E-state index contributed by atoms with van der Waals surface area (Å²) in [6.07, 6.45) is 4.43. The highest BCUT2D eigenvalue weighted by Crippen LogP contribution is 2.11. The van der Waals surface area contributed by atoms with E-state index in [1.807, 2.05) is 24.3 Å². The zero-order valence-electron chi connectivity index (χ0n) is 16.2. The number of hydrogen-bond acceptors (Lipinski definition) is 5. The Morgan fingerprint density at radius 1 is 0.931 bits per heavy atom. The van der Waals surface area contributed by atoms with Crippen LogP contribution < -0.4 is 15.4 Å². The molecule has 1 aromatic heterocycles. The SMILES string of the molecule is COc1ccc(CCNC(=O)c2cnc(NCCc3ccc(F)cc3)nc2)cc1. The molecule has 0 aliphatic carbocycles. The fraction of sp³-hybridized carbons (Fsp3) is 0.227. The van der Waals surface area contributed by atoms with E-state index in [1.54, 1.807) is 19.2 Å². The summed E-state index contributed by atoms with van der Waals surface area (Å²) in [6, 6.07) is 14.1. The van der Waals surface area contributed by atoms with Crippen molar-refractivity contribution in [1.29, 1.82) is 0 Å². The van der Waals surface area contributed by atoms with Crippen LogP contribution in [0.25, 0.3) is 0 Å². The van der Waals surface area contributed by atoms with Gasteiger partial charge in [-0.05, 0) is 48.2 Å². The van der Waals surface area contributed by atoms with Crippen molar-refractivity contribution in [2.24, 2.45) is 0 Å². The predicted octanol–water partition coefficient (Wildman–Crippen LogP) is 3.25. The third-order valence-electron chi connectivity index (χ3n) is 4.38. The highest BCUT2D eigenvalue weighted by Gasteiger charge is 2.07. The zero-order valence-corrected chi connectivity index (χ0v) is 16.2. The van der Waals surface area contributed by atoms with Crippen molar-refractivity contribution >= 4 is 11.9 Å². The van der Waals surface area contributed by atoms with Gasteiger partial charge in [0, 0.05) is 25.5 Å². The molecule has 0 aliphatic rings. The molecule has 2 aromatic carbocycles. The Morgan fingerprint density at radius 3 is 2.14 bits per heavy atom. The average Bonchev–Trinajstić information content (AvgIpc) is 2.76. The van der Waals surface area contributed by atoms with Crippen molar-refractivity contribution in [3.05, 3.63) is 83.4 Å². The lowest BCUT2D eigenvalue weighted by molar-refractivity contribution is 0.0953. The van der Waals surface area contributed by atoms with E-state index >= 15 is 0 Å². The van der Waals surface area contributed by atoms with E-state index in [2.05, 4.69) is 20.6 Å². The minimum Gasteiger partial charge on any atom is -0.497 e. The summed E-state index contributed by atoms with van der Waals surface area (Å²) < 4.78 is 18.0. The Kier molecular flexibility index (Phi) is 7.10. The number of aromatic nitrogens is 2. The minimum atomic E-state index is -0.247. The van der Waals surface area contributed by atoms with Crippen LogP contribution in [0.1, 0.15) is 21.5 Å². The van der Waals surface area contributed by atoms with E-state index in [-0.39, 0.29) is 11.7 Å². The van der Waals surface area contributed by atoms with E-state index < -0.39 is 0 Å². The van der Waals surface area contributed by atoms with Crippen molar-refractivity contribution in [2.45, 2.75) is 12.8 Å². The van der Waals surface area contributed by atoms with Crippen LogP contribution >= 0.6 is 0 Å². The number of benzene rings is 2. The fourth-order valence-corrected chi connectivity index (χ4v) is 2.72. The Balaban J connectivity index is 1.41. The normalized spacial score (nSPS) is 10.4. The van der Waals surface area contributed by atoms with Gasteiger partial charge in [0.25, 0.3) is 5.91 Å². The predicted molar refractivity (Wildman–Crippen MR) is 110 cm³/mol. The van der Waals surface area contributed by atoms with Gasteiger partial charge in [-0.3, -0.25) is 4.79 Å². The largest absolute Gasteiger partial charge is 0.497 e. The van der Waals surface area contributed by atoms with E-state index in [0.29, 0.717) is 24.6 Å². The fourth-order valence-electron chi connectivity index (χ4n) is 2.72. The van der Waals surface area contributed by atoms with Gasteiger partial charge in [-0.2, -0.15) is 0 Å². The van der Waals surface area contributed by atoms with Gasteiger partial charge >= 0.3 is 0 Å². The number of halogens is 1. The van der Waals surface area contributed by atoms with E-state index in [9.17, 15) is 9.18 Å². The molecule has 6 nitrogen and oxygen atoms in total. The van der Waals surface area contributed by atoms with Gasteiger partial charge in [0.2, 0.25) is 5.95 Å². The molecule has 29 heavy (non-hydrogen) atoms. The first kappa shape index (κ1) is 20.3. The van der Waals surface area contributed by atoms with Gasteiger partial charge < -0.3 is 15.4 Å². The molecule has 7 heteroatoms. The van der Waals surface area contributed by atoms with Crippen molar-refractivity contribution in [1.82, 2.24) is 15.3 Å². The van der Waals surface area contributed by atoms with Gasteiger partial charge in [-0.25, -0.2) is 14.4 Å². The summed E-state index contributed by atoms with van der Waals surface area (Å²) in [7, 11) is 1.63. The van der Waals surface area contributed by atoms with Crippen molar-refractivity contribution in [2.75, 3.05) is 25.5 Å². The molecule has 3 aromatic rings. The second-order valence-electron chi connectivity index (χ2n) is 6.45. The number of rotatable bonds is 9. The maximum Gasteiger partial charge on any atom is 0.254 e. The van der Waals surface area contributed by atoms with Crippen LogP contribution in [-0.4, -0.2) is 36.1 Å². The zero-order chi connectivity index (χ0) is 20.5. The highest BCUT2D eigenvalue weighted by molar-refractivity contribution is 5.93. The van der Waals surface area contributed by atoms with E-state index in [0.717, 1.165) is 29.7 Å². The summed E-state index contributed by atoms with van der Waals surface area (Å²) in [6.45, 7) is 1.13. The van der Waals surface area contributed by atoms with Crippen LogP contribution in [0, 0.1) is 5.82 Å². The summed E-state index contributed by atoms with van der Waals surface area (Å²) in [4.78, 5) is 20.6. The van der Waals surface area contributed by atoms with E-state index in [4.69, 9.17) is 4.74 Å². The Hall–Kier alpha value is -3.48. The number of amides is 1. The van der Waals surface area contributed by atoms with Gasteiger partial charge in [-0.1, -0.05) is 24.3 Å².